The number of benzene rings is 1. The highest BCUT2D eigenvalue weighted by molar-refractivity contribution is 6.33. The molecule has 1 rings (SSSR count). The van der Waals surface area contributed by atoms with E-state index in [-0.39, 0.29) is 23.4 Å². The molecule has 0 saturated carbocycles. The third-order valence-electron chi connectivity index (χ3n) is 2.29. The molecule has 0 saturated heterocycles. The lowest BCUT2D eigenvalue weighted by Gasteiger charge is -2.06. The van der Waals surface area contributed by atoms with Crippen LogP contribution in [-0.2, 0) is 4.74 Å². The Balaban J connectivity index is 3.29. The maximum Gasteiger partial charge on any atom is 0.338 e. The van der Waals surface area contributed by atoms with E-state index in [0.717, 1.165) is 12.1 Å². The zero-order valence-electron chi connectivity index (χ0n) is 10.4. The number of hydrogen-bond donors (Lipinski definition) is 0. The summed E-state index contributed by atoms with van der Waals surface area (Å²) in [6.45, 7) is 3.20. The number of halogens is 1. The molecule has 0 aliphatic heterocycles. The van der Waals surface area contributed by atoms with Gasteiger partial charge in [-0.25, -0.2) is 4.79 Å². The van der Waals surface area contributed by atoms with Crippen molar-refractivity contribution in [1.82, 2.24) is 0 Å². The number of hydrogen-bond acceptors (Lipinski definition) is 5. The summed E-state index contributed by atoms with van der Waals surface area (Å²) in [6, 6.07) is 3.39. The zero-order valence-corrected chi connectivity index (χ0v) is 11.1. The Morgan fingerprint density at radius 2 is 1.95 bits per heavy atom. The van der Waals surface area contributed by atoms with Crippen molar-refractivity contribution in [3.63, 3.8) is 0 Å². The second-order valence-corrected chi connectivity index (χ2v) is 4.38. The van der Waals surface area contributed by atoms with E-state index in [9.17, 15) is 19.7 Å². The van der Waals surface area contributed by atoms with Crippen LogP contribution in [0.5, 0.6) is 0 Å². The Morgan fingerprint density at radius 1 is 1.37 bits per heavy atom. The molecule has 0 fully saturated rings. The smallest absolute Gasteiger partial charge is 0.338 e. The summed E-state index contributed by atoms with van der Waals surface area (Å²) in [5, 5.41) is 9.95. The predicted molar refractivity (Wildman–Crippen MR) is 68.7 cm³/mol. The minimum atomic E-state index is -0.836. The maximum atomic E-state index is 11.7. The van der Waals surface area contributed by atoms with E-state index >= 15 is 0 Å². The van der Waals surface area contributed by atoms with Gasteiger partial charge in [0.1, 0.15) is 0 Å². The Labute approximate surface area is 114 Å². The van der Waals surface area contributed by atoms with Crippen LogP contribution in [0.2, 0.25) is 0 Å². The van der Waals surface area contributed by atoms with Crippen molar-refractivity contribution < 1.29 is 19.2 Å². The average Bonchev–Trinajstić information content (AvgIpc) is 2.37. The largest absolute Gasteiger partial charge is 0.462 e. The molecule has 1 aromatic carbocycles. The molecule has 19 heavy (non-hydrogen) atoms. The normalized spacial score (nSPS) is 11.7. The minimum Gasteiger partial charge on any atom is -0.462 e. The highest BCUT2D eigenvalue weighted by atomic mass is 35.5. The lowest BCUT2D eigenvalue weighted by Crippen LogP contribution is -2.13. The number of Topliss-reactive ketones (excluding diaryl/α,β-unsaturated/α-hetero) is 1. The lowest BCUT2D eigenvalue weighted by molar-refractivity contribution is -0.384. The fourth-order valence-electron chi connectivity index (χ4n) is 1.42. The molecule has 0 N–H and O–H groups in total. The van der Waals surface area contributed by atoms with E-state index in [1.54, 1.807) is 6.92 Å². The Hall–Kier alpha value is -1.95. The van der Waals surface area contributed by atoms with Gasteiger partial charge in [-0.2, -0.15) is 0 Å². The number of alkyl halides is 1. The van der Waals surface area contributed by atoms with Crippen LogP contribution in [0.15, 0.2) is 18.2 Å². The summed E-state index contributed by atoms with van der Waals surface area (Å²) in [4.78, 5) is 33.4. The second-order valence-electron chi connectivity index (χ2n) is 3.73. The third kappa shape index (κ3) is 3.75. The zero-order chi connectivity index (χ0) is 14.6. The molecule has 0 amide bonds. The van der Waals surface area contributed by atoms with Crippen molar-refractivity contribution in [2.75, 3.05) is 6.61 Å². The SMILES string of the molecule is CCOC(=O)c1cc(C(=O)C(C)Cl)cc([N+](=O)[O-])c1. The molecule has 1 aromatic rings. The third-order valence-corrected chi connectivity index (χ3v) is 2.48. The molecule has 6 nitrogen and oxygen atoms in total. The lowest BCUT2D eigenvalue weighted by atomic mass is 10.0. The fourth-order valence-corrected chi connectivity index (χ4v) is 1.55. The van der Waals surface area contributed by atoms with Gasteiger partial charge >= 0.3 is 5.97 Å². The molecule has 0 heterocycles. The highest BCUT2D eigenvalue weighted by Gasteiger charge is 2.20. The summed E-state index contributed by atoms with van der Waals surface area (Å²) in [5.41, 5.74) is -0.386. The van der Waals surface area contributed by atoms with Gasteiger partial charge < -0.3 is 4.74 Å². The number of non-ortho nitro benzene ring substituents is 1. The summed E-state index contributed by atoms with van der Waals surface area (Å²) in [6.07, 6.45) is 0. The summed E-state index contributed by atoms with van der Waals surface area (Å²) < 4.78 is 4.75. The molecular formula is C12H12ClNO5. The van der Waals surface area contributed by atoms with E-state index < -0.39 is 22.1 Å². The number of carbonyl (C=O) groups excluding carboxylic acids is 2. The average molecular weight is 286 g/mol. The van der Waals surface area contributed by atoms with Gasteiger partial charge in [-0.05, 0) is 19.9 Å². The predicted octanol–water partition coefficient (Wildman–Crippen LogP) is 2.58. The minimum absolute atomic E-state index is 0.0137. The molecule has 0 bridgehead atoms. The number of rotatable bonds is 5. The molecule has 7 heteroatoms. The standard InChI is InChI=1S/C12H12ClNO5/c1-3-19-12(16)9-4-8(11(15)7(2)13)5-10(6-9)14(17)18/h4-7H,3H2,1-2H3. The van der Waals surface area contributed by atoms with E-state index in [1.165, 1.54) is 13.0 Å². The summed E-state index contributed by atoms with van der Waals surface area (Å²) in [5.74, 6) is -1.21. The molecule has 0 aliphatic rings. The monoisotopic (exact) mass is 285 g/mol. The number of ether oxygens (including phenoxy) is 1. The van der Waals surface area contributed by atoms with Crippen molar-refractivity contribution in [3.05, 3.63) is 39.4 Å². The van der Waals surface area contributed by atoms with Crippen LogP contribution in [0, 0.1) is 10.1 Å². The van der Waals surface area contributed by atoms with E-state index in [4.69, 9.17) is 16.3 Å². The van der Waals surface area contributed by atoms with Crippen LogP contribution in [0.4, 0.5) is 5.69 Å². The molecule has 1 unspecified atom stereocenters. The first-order valence-electron chi connectivity index (χ1n) is 5.51. The van der Waals surface area contributed by atoms with Crippen molar-refractivity contribution in [2.24, 2.45) is 0 Å². The Kier molecular flexibility index (Phi) is 5.00. The van der Waals surface area contributed by atoms with Gasteiger partial charge in [0, 0.05) is 17.7 Å². The molecule has 0 radical (unpaired) electrons. The van der Waals surface area contributed by atoms with Crippen molar-refractivity contribution >= 4 is 29.0 Å². The van der Waals surface area contributed by atoms with Crippen molar-refractivity contribution in [1.29, 1.82) is 0 Å². The number of ketones is 1. The van der Waals surface area contributed by atoms with Gasteiger partial charge in [0.25, 0.3) is 5.69 Å². The topological polar surface area (TPSA) is 86.5 Å². The van der Waals surface area contributed by atoms with Crippen LogP contribution in [-0.4, -0.2) is 28.7 Å². The fraction of sp³-hybridized carbons (Fsp3) is 0.333. The molecule has 0 spiro atoms. The van der Waals surface area contributed by atoms with E-state index in [0.29, 0.717) is 0 Å². The van der Waals surface area contributed by atoms with E-state index in [1.807, 2.05) is 0 Å². The number of nitrogens with zero attached hydrogens (tertiary/aromatic N) is 1. The molecule has 0 aliphatic carbocycles. The molecule has 1 atom stereocenters. The summed E-state index contributed by atoms with van der Waals surface area (Å²) >= 11 is 5.65. The Morgan fingerprint density at radius 3 is 2.42 bits per heavy atom. The second kappa shape index (κ2) is 6.29. The highest BCUT2D eigenvalue weighted by Crippen LogP contribution is 2.20. The first-order chi connectivity index (χ1) is 8.86. The van der Waals surface area contributed by atoms with Gasteiger partial charge in [-0.3, -0.25) is 14.9 Å². The van der Waals surface area contributed by atoms with Crippen LogP contribution in [0.1, 0.15) is 34.6 Å². The van der Waals surface area contributed by atoms with Gasteiger partial charge in [-0.15, -0.1) is 11.6 Å². The number of nitro benzene ring substituents is 1. The van der Waals surface area contributed by atoms with Crippen molar-refractivity contribution in [3.8, 4) is 0 Å². The maximum absolute atomic E-state index is 11.7. The van der Waals surface area contributed by atoms with Crippen LogP contribution in [0.3, 0.4) is 0 Å². The van der Waals surface area contributed by atoms with Crippen molar-refractivity contribution in [2.45, 2.75) is 19.2 Å². The van der Waals surface area contributed by atoms with Crippen LogP contribution in [0.25, 0.3) is 0 Å². The van der Waals surface area contributed by atoms with Crippen LogP contribution >= 0.6 is 11.6 Å². The quantitative estimate of drug-likeness (QED) is 0.273. The van der Waals surface area contributed by atoms with Crippen LogP contribution < -0.4 is 0 Å². The van der Waals surface area contributed by atoms with E-state index in [2.05, 4.69) is 0 Å². The van der Waals surface area contributed by atoms with Gasteiger partial charge in [0.2, 0.25) is 0 Å². The number of carbonyl (C=O) groups is 2. The van der Waals surface area contributed by atoms with Gasteiger partial charge in [0.05, 0.1) is 22.5 Å². The Bertz CT molecular complexity index is 527. The van der Waals surface area contributed by atoms with Gasteiger partial charge in [0.15, 0.2) is 5.78 Å². The molecule has 0 aromatic heterocycles. The molecular weight excluding hydrogens is 274 g/mol. The number of esters is 1. The first-order valence-corrected chi connectivity index (χ1v) is 5.95. The first kappa shape index (κ1) is 15.1. The number of nitro groups is 1. The van der Waals surface area contributed by atoms with Gasteiger partial charge in [-0.1, -0.05) is 0 Å². The summed E-state index contributed by atoms with van der Waals surface area (Å²) in [7, 11) is 0. The molecule has 102 valence electrons.